The lowest BCUT2D eigenvalue weighted by molar-refractivity contribution is -0.117. The molecular formula is C22H26ClN5O2S. The minimum Gasteiger partial charge on any atom is -0.332 e. The first-order valence-electron chi connectivity index (χ1n) is 10.8. The van der Waals surface area contributed by atoms with Crippen molar-refractivity contribution in [3.8, 4) is 11.4 Å². The molecule has 7 nitrogen and oxygen atoms in total. The summed E-state index contributed by atoms with van der Waals surface area (Å²) in [5.74, 6) is 2.68. The number of imide groups is 1. The molecule has 3 amide bonds. The summed E-state index contributed by atoms with van der Waals surface area (Å²) in [6.07, 6.45) is 7.11. The number of nitrogens with zero attached hydrogens (tertiary/aromatic N) is 3. The zero-order chi connectivity index (χ0) is 21.6. The summed E-state index contributed by atoms with van der Waals surface area (Å²) in [5, 5.41) is 15.3. The number of carbonyl (C=O) groups excluding carboxylic acids is 2. The lowest BCUT2D eigenvalue weighted by Gasteiger charge is -2.56. The van der Waals surface area contributed by atoms with Crippen LogP contribution < -0.4 is 10.6 Å². The molecule has 2 N–H and O–H groups in total. The number of nitrogens with one attached hydrogen (secondary N) is 2. The van der Waals surface area contributed by atoms with Crippen molar-refractivity contribution in [2.45, 2.75) is 49.2 Å². The Kier molecular flexibility index (Phi) is 5.46. The van der Waals surface area contributed by atoms with Crippen LogP contribution in [0.5, 0.6) is 0 Å². The van der Waals surface area contributed by atoms with Gasteiger partial charge < -0.3 is 9.88 Å². The molecule has 0 radical (unpaired) electrons. The minimum atomic E-state index is -0.368. The highest BCUT2D eigenvalue weighted by atomic mass is 35.5. The number of aromatic nitrogens is 3. The van der Waals surface area contributed by atoms with Crippen molar-refractivity contribution in [1.29, 1.82) is 0 Å². The van der Waals surface area contributed by atoms with Crippen molar-refractivity contribution in [3.63, 3.8) is 0 Å². The maximum Gasteiger partial charge on any atom is 0.321 e. The third-order valence-corrected chi connectivity index (χ3v) is 8.21. The molecule has 0 saturated heterocycles. The second kappa shape index (κ2) is 8.13. The SMILES string of the molecule is Cn1c(SCC(=O)NC(=O)NC23CC4CC(CC(C4)C2)C3)nnc1-c1ccc(Cl)cc1. The van der Waals surface area contributed by atoms with Gasteiger partial charge in [-0.25, -0.2) is 4.79 Å². The average molecular weight is 460 g/mol. The normalized spacial score (nSPS) is 28.5. The highest BCUT2D eigenvalue weighted by molar-refractivity contribution is 7.99. The van der Waals surface area contributed by atoms with E-state index >= 15 is 0 Å². The van der Waals surface area contributed by atoms with Gasteiger partial charge in [0.25, 0.3) is 0 Å². The average Bonchev–Trinajstić information content (AvgIpc) is 3.06. The van der Waals surface area contributed by atoms with Crippen LogP contribution in [0, 0.1) is 17.8 Å². The maximum absolute atomic E-state index is 12.5. The molecule has 4 saturated carbocycles. The fourth-order valence-electron chi connectivity index (χ4n) is 6.12. The summed E-state index contributed by atoms with van der Waals surface area (Å²) in [5.41, 5.74) is 0.786. The number of rotatable bonds is 5. The minimum absolute atomic E-state index is 0.0981. The van der Waals surface area contributed by atoms with E-state index in [9.17, 15) is 9.59 Å². The number of carbonyl (C=O) groups is 2. The van der Waals surface area contributed by atoms with E-state index < -0.39 is 0 Å². The first-order chi connectivity index (χ1) is 14.9. The highest BCUT2D eigenvalue weighted by Gasteiger charge is 2.51. The van der Waals surface area contributed by atoms with Gasteiger partial charge in [-0.3, -0.25) is 10.1 Å². The summed E-state index contributed by atoms with van der Waals surface area (Å²) in [6.45, 7) is 0. The molecule has 4 bridgehead atoms. The summed E-state index contributed by atoms with van der Waals surface area (Å²) in [6, 6.07) is 6.99. The molecule has 1 aromatic carbocycles. The van der Waals surface area contributed by atoms with Crippen LogP contribution in [0.2, 0.25) is 5.02 Å². The third-order valence-electron chi connectivity index (χ3n) is 6.94. The fourth-order valence-corrected chi connectivity index (χ4v) is 6.96. The van der Waals surface area contributed by atoms with Crippen LogP contribution in [-0.2, 0) is 11.8 Å². The molecular weight excluding hydrogens is 434 g/mol. The van der Waals surface area contributed by atoms with Crippen LogP contribution >= 0.6 is 23.4 Å². The van der Waals surface area contributed by atoms with E-state index in [1.54, 1.807) is 12.1 Å². The lowest BCUT2D eigenvalue weighted by Crippen LogP contribution is -2.61. The van der Waals surface area contributed by atoms with Crippen LogP contribution in [0.4, 0.5) is 4.79 Å². The summed E-state index contributed by atoms with van der Waals surface area (Å²) < 4.78 is 1.83. The van der Waals surface area contributed by atoms with Crippen LogP contribution in [-0.4, -0.2) is 38.0 Å². The van der Waals surface area contributed by atoms with E-state index in [2.05, 4.69) is 20.8 Å². The van der Waals surface area contributed by atoms with Gasteiger partial charge in [0.2, 0.25) is 5.91 Å². The first kappa shape index (κ1) is 20.8. The number of halogens is 1. The second-order valence-corrected chi connectivity index (χ2v) is 10.7. The Morgan fingerprint density at radius 3 is 2.32 bits per heavy atom. The number of thioether (sulfide) groups is 1. The van der Waals surface area contributed by atoms with Crippen molar-refractivity contribution in [1.82, 2.24) is 25.4 Å². The standard InChI is InChI=1S/C22H26ClN5O2S/c1-28-19(16-2-4-17(23)5-3-16)26-27-21(28)31-12-18(29)24-20(30)25-22-9-13-6-14(10-22)8-15(7-13)11-22/h2-5,13-15H,6-12H2,1H3,(H2,24,25,29,30). The number of hydrogen-bond acceptors (Lipinski definition) is 5. The number of hydrogen-bond donors (Lipinski definition) is 2. The number of urea groups is 1. The van der Waals surface area contributed by atoms with Crippen LogP contribution in [0.1, 0.15) is 38.5 Å². The predicted octanol–water partition coefficient (Wildman–Crippen LogP) is 4.02. The van der Waals surface area contributed by atoms with Crippen molar-refractivity contribution in [2.24, 2.45) is 24.8 Å². The molecule has 1 aromatic heterocycles. The topological polar surface area (TPSA) is 88.9 Å². The Bertz CT molecular complexity index is 971. The third kappa shape index (κ3) is 4.32. The zero-order valence-corrected chi connectivity index (χ0v) is 19.0. The van der Waals surface area contributed by atoms with E-state index in [0.717, 1.165) is 42.6 Å². The van der Waals surface area contributed by atoms with E-state index in [4.69, 9.17) is 11.6 Å². The quantitative estimate of drug-likeness (QED) is 0.659. The molecule has 1 heterocycles. The van der Waals surface area contributed by atoms with E-state index in [0.29, 0.717) is 16.0 Å². The summed E-state index contributed by atoms with van der Waals surface area (Å²) in [7, 11) is 1.85. The van der Waals surface area contributed by atoms with Gasteiger partial charge in [-0.1, -0.05) is 23.4 Å². The Labute approximate surface area is 190 Å². The molecule has 6 rings (SSSR count). The molecule has 4 fully saturated rings. The molecule has 0 aliphatic heterocycles. The molecule has 164 valence electrons. The van der Waals surface area contributed by atoms with Gasteiger partial charge in [0.05, 0.1) is 5.75 Å². The van der Waals surface area contributed by atoms with E-state index in [1.807, 2.05) is 23.7 Å². The van der Waals surface area contributed by atoms with Gasteiger partial charge in [-0.15, -0.1) is 10.2 Å². The fraction of sp³-hybridized carbons (Fsp3) is 0.545. The molecule has 2 aromatic rings. The Morgan fingerprint density at radius 1 is 1.10 bits per heavy atom. The van der Waals surface area contributed by atoms with Crippen molar-refractivity contribution >= 4 is 35.3 Å². The highest BCUT2D eigenvalue weighted by Crippen LogP contribution is 2.55. The van der Waals surface area contributed by atoms with Crippen molar-refractivity contribution in [3.05, 3.63) is 29.3 Å². The maximum atomic E-state index is 12.5. The van der Waals surface area contributed by atoms with Gasteiger partial charge in [0.1, 0.15) is 0 Å². The molecule has 31 heavy (non-hydrogen) atoms. The Hall–Kier alpha value is -2.06. The van der Waals surface area contributed by atoms with Gasteiger partial charge in [0, 0.05) is 23.2 Å². The summed E-state index contributed by atoms with van der Waals surface area (Å²) in [4.78, 5) is 24.9. The Balaban J connectivity index is 1.15. The molecule has 9 heteroatoms. The zero-order valence-electron chi connectivity index (χ0n) is 17.4. The van der Waals surface area contributed by atoms with Gasteiger partial charge >= 0.3 is 6.03 Å². The number of amides is 3. The monoisotopic (exact) mass is 459 g/mol. The first-order valence-corrected chi connectivity index (χ1v) is 12.2. The molecule has 4 aliphatic carbocycles. The summed E-state index contributed by atoms with van der Waals surface area (Å²) >= 11 is 7.20. The smallest absolute Gasteiger partial charge is 0.321 e. The van der Waals surface area contributed by atoms with Crippen molar-refractivity contribution in [2.75, 3.05) is 5.75 Å². The van der Waals surface area contributed by atoms with E-state index in [-0.39, 0.29) is 23.2 Å². The Morgan fingerprint density at radius 2 is 1.71 bits per heavy atom. The van der Waals surface area contributed by atoms with Crippen LogP contribution in [0.3, 0.4) is 0 Å². The van der Waals surface area contributed by atoms with Gasteiger partial charge in [-0.2, -0.15) is 0 Å². The van der Waals surface area contributed by atoms with Gasteiger partial charge in [-0.05, 0) is 80.5 Å². The van der Waals surface area contributed by atoms with Crippen LogP contribution in [0.15, 0.2) is 29.4 Å². The second-order valence-electron chi connectivity index (χ2n) is 9.36. The van der Waals surface area contributed by atoms with Crippen molar-refractivity contribution < 1.29 is 9.59 Å². The molecule has 0 atom stereocenters. The van der Waals surface area contributed by atoms with Crippen LogP contribution in [0.25, 0.3) is 11.4 Å². The van der Waals surface area contributed by atoms with Gasteiger partial charge in [0.15, 0.2) is 11.0 Å². The number of benzene rings is 1. The lowest BCUT2D eigenvalue weighted by atomic mass is 9.53. The van der Waals surface area contributed by atoms with E-state index in [1.165, 1.54) is 31.0 Å². The molecule has 0 spiro atoms. The largest absolute Gasteiger partial charge is 0.332 e. The predicted molar refractivity (Wildman–Crippen MR) is 120 cm³/mol. The molecule has 0 unspecified atom stereocenters. The molecule has 4 aliphatic rings.